The molecule has 0 aliphatic carbocycles. The van der Waals surface area contributed by atoms with Crippen LogP contribution in [0.15, 0.2) is 78.9 Å². The largest absolute Gasteiger partial charge is 0.493 e. The van der Waals surface area contributed by atoms with Crippen LogP contribution < -0.4 is 20.1 Å². The minimum absolute atomic E-state index is 0.123. The number of amides is 2. The number of nitrogens with one attached hydrogen (secondary N) is 2. The quantitative estimate of drug-likeness (QED) is 0.654. The number of ether oxygens (including phenoxy) is 2. The Bertz CT molecular complexity index is 1040. The van der Waals surface area contributed by atoms with E-state index in [0.717, 1.165) is 11.3 Å². The maximum atomic E-state index is 12.6. The van der Waals surface area contributed by atoms with Gasteiger partial charge in [-0.15, -0.1) is 0 Å². The van der Waals surface area contributed by atoms with Gasteiger partial charge in [0.1, 0.15) is 11.5 Å². The molecule has 3 aromatic carbocycles. The molecular formula is C24H22N2O4. The molecule has 0 fully saturated rings. The summed E-state index contributed by atoms with van der Waals surface area (Å²) < 4.78 is 11.3. The molecule has 30 heavy (non-hydrogen) atoms. The van der Waals surface area contributed by atoms with Gasteiger partial charge in [0.15, 0.2) is 6.61 Å². The van der Waals surface area contributed by atoms with Crippen LogP contribution in [0, 0.1) is 0 Å². The van der Waals surface area contributed by atoms with Crippen LogP contribution in [-0.2, 0) is 4.79 Å². The number of para-hydroxylation sites is 3. The van der Waals surface area contributed by atoms with Crippen LogP contribution in [-0.4, -0.2) is 25.0 Å². The van der Waals surface area contributed by atoms with E-state index in [1.807, 2.05) is 42.5 Å². The molecule has 0 saturated heterocycles. The molecule has 0 spiro atoms. The van der Waals surface area contributed by atoms with Gasteiger partial charge in [-0.05, 0) is 30.3 Å². The summed E-state index contributed by atoms with van der Waals surface area (Å²) in [6.45, 7) is 0.362. The van der Waals surface area contributed by atoms with Crippen LogP contribution in [0.2, 0.25) is 0 Å². The van der Waals surface area contributed by atoms with Gasteiger partial charge in [-0.2, -0.15) is 0 Å². The number of anilines is 1. The van der Waals surface area contributed by atoms with Gasteiger partial charge in [0.2, 0.25) is 0 Å². The molecule has 1 atom stereocenters. The van der Waals surface area contributed by atoms with E-state index in [2.05, 4.69) is 10.6 Å². The first-order valence-corrected chi connectivity index (χ1v) is 9.80. The minimum atomic E-state index is -0.296. The molecule has 0 saturated carbocycles. The van der Waals surface area contributed by atoms with Crippen LogP contribution in [0.5, 0.6) is 11.5 Å². The number of carbonyl (C=O) groups is 2. The van der Waals surface area contributed by atoms with Crippen LogP contribution in [0.1, 0.15) is 28.4 Å². The van der Waals surface area contributed by atoms with Gasteiger partial charge in [-0.25, -0.2) is 0 Å². The van der Waals surface area contributed by atoms with Crippen molar-refractivity contribution in [3.8, 4) is 11.5 Å². The van der Waals surface area contributed by atoms with Crippen molar-refractivity contribution in [3.63, 3.8) is 0 Å². The fraction of sp³-hybridized carbons (Fsp3) is 0.167. The van der Waals surface area contributed by atoms with Crippen LogP contribution in [0.25, 0.3) is 0 Å². The first-order valence-electron chi connectivity index (χ1n) is 9.80. The number of hydrogen-bond acceptors (Lipinski definition) is 4. The summed E-state index contributed by atoms with van der Waals surface area (Å²) in [5.41, 5.74) is 2.01. The summed E-state index contributed by atoms with van der Waals surface area (Å²) in [5, 5.41) is 5.82. The highest BCUT2D eigenvalue weighted by molar-refractivity contribution is 6.06. The first-order chi connectivity index (χ1) is 14.7. The zero-order chi connectivity index (χ0) is 20.8. The van der Waals surface area contributed by atoms with Gasteiger partial charge in [-0.3, -0.25) is 9.59 Å². The van der Waals surface area contributed by atoms with Gasteiger partial charge in [0, 0.05) is 17.7 Å². The van der Waals surface area contributed by atoms with E-state index in [0.29, 0.717) is 30.0 Å². The number of benzene rings is 3. The lowest BCUT2D eigenvalue weighted by atomic mass is 10.0. The number of rotatable bonds is 6. The van der Waals surface area contributed by atoms with Gasteiger partial charge in [-0.1, -0.05) is 48.5 Å². The normalized spacial score (nSPS) is 14.7. The fourth-order valence-corrected chi connectivity index (χ4v) is 3.37. The Balaban J connectivity index is 1.39. The van der Waals surface area contributed by atoms with Crippen molar-refractivity contribution in [2.24, 2.45) is 0 Å². The predicted molar refractivity (Wildman–Crippen MR) is 114 cm³/mol. The third-order valence-corrected chi connectivity index (χ3v) is 4.82. The van der Waals surface area contributed by atoms with Crippen molar-refractivity contribution in [1.29, 1.82) is 0 Å². The zero-order valence-electron chi connectivity index (χ0n) is 16.3. The Kier molecular flexibility index (Phi) is 5.94. The van der Waals surface area contributed by atoms with Crippen molar-refractivity contribution in [1.82, 2.24) is 5.32 Å². The monoisotopic (exact) mass is 402 g/mol. The van der Waals surface area contributed by atoms with Gasteiger partial charge in [0.25, 0.3) is 11.8 Å². The molecule has 1 unspecified atom stereocenters. The number of hydrogen-bond donors (Lipinski definition) is 2. The molecule has 6 nitrogen and oxygen atoms in total. The maximum Gasteiger partial charge on any atom is 0.259 e. The molecule has 1 aliphatic rings. The summed E-state index contributed by atoms with van der Waals surface area (Å²) in [6.07, 6.45) is 0.693. The Labute approximate surface area is 174 Å². The Morgan fingerprint density at radius 1 is 0.933 bits per heavy atom. The lowest BCUT2D eigenvalue weighted by molar-refractivity contribution is -0.124. The van der Waals surface area contributed by atoms with E-state index < -0.39 is 0 Å². The third kappa shape index (κ3) is 4.60. The van der Waals surface area contributed by atoms with Crippen LogP contribution >= 0.6 is 0 Å². The fourth-order valence-electron chi connectivity index (χ4n) is 3.37. The summed E-state index contributed by atoms with van der Waals surface area (Å²) in [4.78, 5) is 25.1. The van der Waals surface area contributed by atoms with Crippen LogP contribution in [0.3, 0.4) is 0 Å². The summed E-state index contributed by atoms with van der Waals surface area (Å²) in [5.74, 6) is 0.594. The molecule has 4 rings (SSSR count). The third-order valence-electron chi connectivity index (χ3n) is 4.82. The summed E-state index contributed by atoms with van der Waals surface area (Å²) in [7, 11) is 0. The van der Waals surface area contributed by atoms with Gasteiger partial charge < -0.3 is 20.1 Å². The summed E-state index contributed by atoms with van der Waals surface area (Å²) >= 11 is 0. The van der Waals surface area contributed by atoms with E-state index in [1.54, 1.807) is 36.4 Å². The van der Waals surface area contributed by atoms with Gasteiger partial charge >= 0.3 is 0 Å². The maximum absolute atomic E-state index is 12.6. The van der Waals surface area contributed by atoms with E-state index in [4.69, 9.17) is 9.47 Å². The second-order valence-corrected chi connectivity index (χ2v) is 6.90. The van der Waals surface area contributed by atoms with Crippen molar-refractivity contribution < 1.29 is 19.1 Å². The van der Waals surface area contributed by atoms with Gasteiger partial charge in [0.05, 0.1) is 18.2 Å². The highest BCUT2D eigenvalue weighted by atomic mass is 16.5. The molecule has 2 amide bonds. The average molecular weight is 402 g/mol. The van der Waals surface area contributed by atoms with Crippen molar-refractivity contribution in [2.75, 3.05) is 18.5 Å². The lowest BCUT2D eigenvalue weighted by Gasteiger charge is -2.26. The molecule has 3 aromatic rings. The smallest absolute Gasteiger partial charge is 0.259 e. The second-order valence-electron chi connectivity index (χ2n) is 6.90. The Morgan fingerprint density at radius 3 is 2.53 bits per heavy atom. The minimum Gasteiger partial charge on any atom is -0.493 e. The van der Waals surface area contributed by atoms with E-state index in [1.165, 1.54) is 0 Å². The topological polar surface area (TPSA) is 76.7 Å². The average Bonchev–Trinajstić information content (AvgIpc) is 2.79. The molecule has 2 N–H and O–H groups in total. The lowest BCUT2D eigenvalue weighted by Crippen LogP contribution is -2.35. The summed E-state index contributed by atoms with van der Waals surface area (Å²) in [6, 6.07) is 23.6. The first kappa shape index (κ1) is 19.5. The zero-order valence-corrected chi connectivity index (χ0v) is 16.3. The second kappa shape index (κ2) is 9.13. The van der Waals surface area contributed by atoms with E-state index >= 15 is 0 Å². The Hall–Kier alpha value is -3.80. The standard InChI is InChI=1S/C24H22N2O4/c27-23(26-20-14-15-29-21-12-6-4-10-18(20)21)16-30-22-13-7-5-11-19(22)24(28)25-17-8-2-1-3-9-17/h1-13,20H,14-16H2,(H,25,28)(H,26,27). The molecule has 6 heteroatoms. The van der Waals surface area contributed by atoms with Crippen molar-refractivity contribution in [2.45, 2.75) is 12.5 Å². The molecular weight excluding hydrogens is 380 g/mol. The SMILES string of the molecule is O=C(COc1ccccc1C(=O)Nc1ccccc1)NC1CCOc2ccccc21. The van der Waals surface area contributed by atoms with Crippen molar-refractivity contribution in [3.05, 3.63) is 90.0 Å². The highest BCUT2D eigenvalue weighted by Gasteiger charge is 2.23. The van der Waals surface area contributed by atoms with Crippen molar-refractivity contribution >= 4 is 17.5 Å². The Morgan fingerprint density at radius 2 is 1.67 bits per heavy atom. The molecule has 0 aromatic heterocycles. The highest BCUT2D eigenvalue weighted by Crippen LogP contribution is 2.31. The van der Waals surface area contributed by atoms with E-state index in [-0.39, 0.29) is 24.5 Å². The number of fused-ring (bicyclic) bond motifs is 1. The van der Waals surface area contributed by atoms with Crippen LogP contribution in [0.4, 0.5) is 5.69 Å². The number of carbonyl (C=O) groups excluding carboxylic acids is 2. The predicted octanol–water partition coefficient (Wildman–Crippen LogP) is 3.96. The molecule has 1 heterocycles. The molecule has 0 bridgehead atoms. The molecule has 152 valence electrons. The van der Waals surface area contributed by atoms with E-state index in [9.17, 15) is 9.59 Å². The molecule has 0 radical (unpaired) electrons. The molecule has 1 aliphatic heterocycles.